The fraction of sp³-hybridized carbons (Fsp3) is 0.269. The molecule has 0 aliphatic carbocycles. The number of nitriles is 1. The maximum Gasteiger partial charge on any atom is 0.355 e. The van der Waals surface area contributed by atoms with E-state index in [-0.39, 0.29) is 39.8 Å². The predicted octanol–water partition coefficient (Wildman–Crippen LogP) is 1.90. The van der Waals surface area contributed by atoms with Gasteiger partial charge in [0.15, 0.2) is 0 Å². The van der Waals surface area contributed by atoms with Gasteiger partial charge < -0.3 is 19.9 Å². The quantitative estimate of drug-likeness (QED) is 0.336. The second-order valence-electron chi connectivity index (χ2n) is 8.07. The van der Waals surface area contributed by atoms with Crippen molar-refractivity contribution in [2.75, 3.05) is 39.4 Å². The van der Waals surface area contributed by atoms with Crippen molar-refractivity contribution in [1.82, 2.24) is 4.72 Å². The molecule has 0 spiro atoms. The number of hydrogen-bond donors (Lipinski definition) is 2. The Hall–Kier alpha value is -4.18. The van der Waals surface area contributed by atoms with E-state index >= 15 is 0 Å². The predicted molar refractivity (Wildman–Crippen MR) is 138 cm³/mol. The van der Waals surface area contributed by atoms with E-state index in [2.05, 4.69) is 10.8 Å². The van der Waals surface area contributed by atoms with E-state index in [0.717, 1.165) is 14.2 Å². The lowest BCUT2D eigenvalue weighted by Crippen LogP contribution is -2.40. The van der Waals surface area contributed by atoms with Gasteiger partial charge >= 0.3 is 11.9 Å². The van der Waals surface area contributed by atoms with E-state index in [1.54, 1.807) is 30.3 Å². The monoisotopic (exact) mass is 540 g/mol. The van der Waals surface area contributed by atoms with E-state index in [4.69, 9.17) is 19.9 Å². The van der Waals surface area contributed by atoms with Gasteiger partial charge in [-0.15, -0.1) is 0 Å². The number of esters is 2. The van der Waals surface area contributed by atoms with Crippen LogP contribution in [-0.4, -0.2) is 54.8 Å². The Labute approximate surface area is 221 Å². The van der Waals surface area contributed by atoms with Crippen molar-refractivity contribution >= 4 is 27.6 Å². The number of nitrogens with zero attached hydrogens (tertiary/aromatic N) is 2. The Balaban J connectivity index is 2.17. The smallest absolute Gasteiger partial charge is 0.355 e. The summed E-state index contributed by atoms with van der Waals surface area (Å²) in [6.45, 7) is 0.586. The molecule has 11 nitrogen and oxygen atoms in total. The van der Waals surface area contributed by atoms with E-state index in [1.807, 2.05) is 0 Å². The fourth-order valence-corrected chi connectivity index (χ4v) is 5.14. The lowest BCUT2D eigenvalue weighted by Gasteiger charge is -2.35. The summed E-state index contributed by atoms with van der Waals surface area (Å²) in [7, 11) is 0.00192. The Bertz CT molecular complexity index is 1400. The third-order valence-electron chi connectivity index (χ3n) is 5.83. The Morgan fingerprint density at radius 3 is 2.21 bits per heavy atom. The SMILES string of the molecule is COCCCNS(=O)(=O)c1ccc(N2C(N)=C(C#N)C(c3ccccc3)C(C(=O)OC)=C2C(=O)OC)cc1. The molecule has 0 bridgehead atoms. The highest BCUT2D eigenvalue weighted by Gasteiger charge is 2.43. The van der Waals surface area contributed by atoms with Gasteiger partial charge in [-0.3, -0.25) is 4.90 Å². The largest absolute Gasteiger partial charge is 0.466 e. The van der Waals surface area contributed by atoms with Crippen LogP contribution in [0, 0.1) is 11.3 Å². The second-order valence-corrected chi connectivity index (χ2v) is 9.84. The van der Waals surface area contributed by atoms with Gasteiger partial charge in [0.2, 0.25) is 10.0 Å². The molecule has 0 aromatic heterocycles. The summed E-state index contributed by atoms with van der Waals surface area (Å²) < 4.78 is 42.7. The summed E-state index contributed by atoms with van der Waals surface area (Å²) in [5.41, 5.74) is 6.81. The van der Waals surface area contributed by atoms with E-state index in [9.17, 15) is 23.3 Å². The lowest BCUT2D eigenvalue weighted by atomic mass is 9.81. The van der Waals surface area contributed by atoms with Crippen LogP contribution in [0.25, 0.3) is 0 Å². The van der Waals surface area contributed by atoms with Gasteiger partial charge in [-0.05, 0) is 36.2 Å². The van der Waals surface area contributed by atoms with Gasteiger partial charge in [0.25, 0.3) is 0 Å². The van der Waals surface area contributed by atoms with Crippen molar-refractivity contribution in [3.63, 3.8) is 0 Å². The first-order valence-corrected chi connectivity index (χ1v) is 12.9. The number of sulfonamides is 1. The summed E-state index contributed by atoms with van der Waals surface area (Å²) in [6.07, 6.45) is 0.492. The van der Waals surface area contributed by atoms with Crippen molar-refractivity contribution in [3.05, 3.63) is 82.8 Å². The van der Waals surface area contributed by atoms with Crippen molar-refractivity contribution < 1.29 is 32.2 Å². The number of carbonyl (C=O) groups excluding carboxylic acids is 2. The summed E-state index contributed by atoms with van der Waals surface area (Å²) in [5.74, 6) is -2.88. The summed E-state index contributed by atoms with van der Waals surface area (Å²) in [4.78, 5) is 27.3. The maximum atomic E-state index is 13.1. The minimum atomic E-state index is -3.82. The van der Waals surface area contributed by atoms with E-state index < -0.39 is 27.9 Å². The molecule has 2 aromatic carbocycles. The zero-order valence-corrected chi connectivity index (χ0v) is 21.9. The van der Waals surface area contributed by atoms with Gasteiger partial charge in [0.1, 0.15) is 11.5 Å². The van der Waals surface area contributed by atoms with Crippen LogP contribution in [0.5, 0.6) is 0 Å². The highest BCUT2D eigenvalue weighted by atomic mass is 32.2. The Morgan fingerprint density at radius 2 is 1.66 bits per heavy atom. The molecule has 0 saturated carbocycles. The highest BCUT2D eigenvalue weighted by Crippen LogP contribution is 2.43. The molecule has 0 fully saturated rings. The minimum Gasteiger partial charge on any atom is -0.466 e. The molecule has 2 aromatic rings. The second kappa shape index (κ2) is 12.4. The number of hydrogen-bond acceptors (Lipinski definition) is 10. The fourth-order valence-electron chi connectivity index (χ4n) is 4.06. The normalized spacial score (nSPS) is 15.7. The van der Waals surface area contributed by atoms with Gasteiger partial charge in [-0.1, -0.05) is 30.3 Å². The Morgan fingerprint density at radius 1 is 1.03 bits per heavy atom. The van der Waals surface area contributed by atoms with Crippen LogP contribution in [0.4, 0.5) is 5.69 Å². The zero-order chi connectivity index (χ0) is 27.9. The molecule has 0 amide bonds. The topological polar surface area (TPSA) is 161 Å². The minimum absolute atomic E-state index is 0.000705. The molecular formula is C26H28N4O7S. The van der Waals surface area contributed by atoms with Gasteiger partial charge in [0.05, 0.1) is 42.2 Å². The number of allylic oxidation sites excluding steroid dienone is 1. The van der Waals surface area contributed by atoms with Gasteiger partial charge in [-0.25, -0.2) is 22.7 Å². The highest BCUT2D eigenvalue weighted by molar-refractivity contribution is 7.89. The molecule has 3 N–H and O–H groups in total. The average Bonchev–Trinajstić information content (AvgIpc) is 2.94. The molecule has 12 heteroatoms. The van der Waals surface area contributed by atoms with Gasteiger partial charge in [0, 0.05) is 25.9 Å². The first-order valence-electron chi connectivity index (χ1n) is 11.5. The summed E-state index contributed by atoms with van der Waals surface area (Å²) in [5, 5.41) is 10.1. The van der Waals surface area contributed by atoms with Crippen LogP contribution in [0.2, 0.25) is 0 Å². The summed E-state index contributed by atoms with van der Waals surface area (Å²) in [6, 6.07) is 16.1. The molecule has 0 radical (unpaired) electrons. The number of ether oxygens (including phenoxy) is 3. The zero-order valence-electron chi connectivity index (χ0n) is 21.1. The molecule has 0 saturated heterocycles. The third-order valence-corrected chi connectivity index (χ3v) is 7.31. The van der Waals surface area contributed by atoms with E-state index in [1.165, 1.54) is 36.3 Å². The molecule has 38 heavy (non-hydrogen) atoms. The van der Waals surface area contributed by atoms with Crippen molar-refractivity contribution in [2.24, 2.45) is 5.73 Å². The molecule has 1 atom stereocenters. The van der Waals surface area contributed by atoms with Crippen LogP contribution in [-0.2, 0) is 33.8 Å². The molecule has 3 rings (SSSR count). The third kappa shape index (κ3) is 5.70. The molecule has 1 aliphatic rings. The number of nitrogens with one attached hydrogen (secondary N) is 1. The molecule has 1 unspecified atom stereocenters. The van der Waals surface area contributed by atoms with Crippen LogP contribution in [0.3, 0.4) is 0 Å². The number of anilines is 1. The lowest BCUT2D eigenvalue weighted by molar-refractivity contribution is -0.139. The number of carbonyl (C=O) groups is 2. The number of methoxy groups -OCH3 is 3. The Kier molecular flexibility index (Phi) is 9.25. The molecule has 1 heterocycles. The first-order chi connectivity index (χ1) is 18.2. The summed E-state index contributed by atoms with van der Waals surface area (Å²) >= 11 is 0. The van der Waals surface area contributed by atoms with Crippen molar-refractivity contribution in [3.8, 4) is 6.07 Å². The average molecular weight is 541 g/mol. The molecular weight excluding hydrogens is 512 g/mol. The van der Waals surface area contributed by atoms with Crippen molar-refractivity contribution in [2.45, 2.75) is 17.2 Å². The number of rotatable bonds is 10. The van der Waals surface area contributed by atoms with Crippen LogP contribution >= 0.6 is 0 Å². The maximum absolute atomic E-state index is 13.1. The van der Waals surface area contributed by atoms with E-state index in [0.29, 0.717) is 18.6 Å². The van der Waals surface area contributed by atoms with Crippen molar-refractivity contribution in [1.29, 1.82) is 5.26 Å². The number of benzene rings is 2. The van der Waals surface area contributed by atoms with Crippen LogP contribution < -0.4 is 15.4 Å². The van der Waals surface area contributed by atoms with Crippen LogP contribution in [0.15, 0.2) is 82.2 Å². The van der Waals surface area contributed by atoms with Gasteiger partial charge in [-0.2, -0.15) is 5.26 Å². The standard InChI is InChI=1S/C26H28N4O7S/c1-35-15-7-14-29-38(33,34)19-12-10-18(11-13-19)30-23(26(32)37-3)22(25(31)36-2)21(20(16-27)24(30)28)17-8-5-4-6-9-17/h4-6,8-13,21,29H,7,14-15,28H2,1-3H3. The molecule has 1 aliphatic heterocycles. The number of nitrogens with two attached hydrogens (primary N) is 1. The van der Waals surface area contributed by atoms with Crippen LogP contribution in [0.1, 0.15) is 17.9 Å². The molecule has 200 valence electrons. The first kappa shape index (κ1) is 28.4.